The minimum atomic E-state index is -3.21. The van der Waals surface area contributed by atoms with Gasteiger partial charge in [-0.2, -0.15) is 0 Å². The quantitative estimate of drug-likeness (QED) is 0.741. The summed E-state index contributed by atoms with van der Waals surface area (Å²) in [4.78, 5) is 17.6. The zero-order chi connectivity index (χ0) is 20.8. The average molecular weight is 413 g/mol. The number of benzene rings is 2. The standard InChI is InChI=1S/C23H28N2O3S/c1-4-24-16(3)15-25(23(26)18-6-7-18)22-14-19(10-13-21(22)24)17-8-11-20(12-9-17)29(27,28)5-2/h8-14,16,18H,4-7,15H2,1-3H3/t16-/m0/s1. The fourth-order valence-electron chi connectivity index (χ4n) is 4.12. The lowest BCUT2D eigenvalue weighted by molar-refractivity contribution is -0.119. The highest BCUT2D eigenvalue weighted by Gasteiger charge is 2.38. The number of carbonyl (C=O) groups is 1. The van der Waals surface area contributed by atoms with E-state index in [4.69, 9.17) is 0 Å². The van der Waals surface area contributed by atoms with Gasteiger partial charge in [-0.3, -0.25) is 4.79 Å². The summed E-state index contributed by atoms with van der Waals surface area (Å²) in [6, 6.07) is 13.5. The van der Waals surface area contributed by atoms with Gasteiger partial charge >= 0.3 is 0 Å². The Hall–Kier alpha value is -2.34. The first-order valence-corrected chi connectivity index (χ1v) is 12.1. The van der Waals surface area contributed by atoms with Crippen LogP contribution in [0.2, 0.25) is 0 Å². The fraction of sp³-hybridized carbons (Fsp3) is 0.435. The highest BCUT2D eigenvalue weighted by molar-refractivity contribution is 7.91. The summed E-state index contributed by atoms with van der Waals surface area (Å²) in [5.74, 6) is 0.495. The molecule has 29 heavy (non-hydrogen) atoms. The van der Waals surface area contributed by atoms with E-state index in [2.05, 4.69) is 36.9 Å². The molecule has 1 aliphatic heterocycles. The molecule has 154 valence electrons. The summed E-state index contributed by atoms with van der Waals surface area (Å²) in [5.41, 5.74) is 3.99. The number of nitrogens with zero attached hydrogens (tertiary/aromatic N) is 2. The molecule has 0 spiro atoms. The second kappa shape index (κ2) is 7.48. The van der Waals surface area contributed by atoms with Gasteiger partial charge in [-0.15, -0.1) is 0 Å². The number of fused-ring (bicyclic) bond motifs is 1. The lowest BCUT2D eigenvalue weighted by Crippen LogP contribution is -2.50. The third kappa shape index (κ3) is 3.66. The molecule has 2 aromatic rings. The zero-order valence-corrected chi connectivity index (χ0v) is 18.1. The van der Waals surface area contributed by atoms with Crippen molar-refractivity contribution in [2.24, 2.45) is 5.92 Å². The van der Waals surface area contributed by atoms with Gasteiger partial charge in [0.15, 0.2) is 9.84 Å². The normalized spacial score (nSPS) is 19.2. The van der Waals surface area contributed by atoms with Crippen LogP contribution >= 0.6 is 0 Å². The van der Waals surface area contributed by atoms with Gasteiger partial charge in [0.2, 0.25) is 5.91 Å². The molecule has 5 nitrogen and oxygen atoms in total. The van der Waals surface area contributed by atoms with Crippen LogP contribution in [-0.4, -0.2) is 39.2 Å². The van der Waals surface area contributed by atoms with Crippen molar-refractivity contribution in [2.45, 2.75) is 44.6 Å². The predicted octanol–water partition coefficient (Wildman–Crippen LogP) is 4.12. The molecule has 0 aromatic heterocycles. The molecule has 1 atom stereocenters. The van der Waals surface area contributed by atoms with Crippen LogP contribution < -0.4 is 9.80 Å². The highest BCUT2D eigenvalue weighted by Crippen LogP contribution is 2.41. The molecule has 1 saturated carbocycles. The molecule has 2 aliphatic rings. The van der Waals surface area contributed by atoms with E-state index in [0.717, 1.165) is 41.9 Å². The van der Waals surface area contributed by atoms with E-state index in [0.29, 0.717) is 11.4 Å². The molecule has 1 amide bonds. The Bertz CT molecular complexity index is 1030. The second-order valence-corrected chi connectivity index (χ2v) is 10.3. The van der Waals surface area contributed by atoms with Gasteiger partial charge in [-0.05, 0) is 62.1 Å². The minimum Gasteiger partial charge on any atom is -0.366 e. The van der Waals surface area contributed by atoms with E-state index in [9.17, 15) is 13.2 Å². The molecule has 0 unspecified atom stereocenters. The molecule has 0 saturated heterocycles. The van der Waals surface area contributed by atoms with E-state index in [-0.39, 0.29) is 23.6 Å². The molecular weight excluding hydrogens is 384 g/mol. The lowest BCUT2D eigenvalue weighted by atomic mass is 10.0. The summed E-state index contributed by atoms with van der Waals surface area (Å²) < 4.78 is 24.2. The maximum absolute atomic E-state index is 12.9. The zero-order valence-electron chi connectivity index (χ0n) is 17.3. The summed E-state index contributed by atoms with van der Waals surface area (Å²) in [6.45, 7) is 7.55. The molecule has 0 bridgehead atoms. The highest BCUT2D eigenvalue weighted by atomic mass is 32.2. The second-order valence-electron chi connectivity index (χ2n) is 7.99. The first-order valence-electron chi connectivity index (χ1n) is 10.4. The van der Waals surface area contributed by atoms with Crippen LogP contribution in [0.5, 0.6) is 0 Å². The van der Waals surface area contributed by atoms with E-state index in [1.807, 2.05) is 17.0 Å². The van der Waals surface area contributed by atoms with Crippen LogP contribution in [0.3, 0.4) is 0 Å². The Balaban J connectivity index is 1.74. The number of hydrogen-bond acceptors (Lipinski definition) is 4. The van der Waals surface area contributed by atoms with Crippen molar-refractivity contribution in [3.05, 3.63) is 42.5 Å². The number of sulfone groups is 1. The molecule has 2 aromatic carbocycles. The Morgan fingerprint density at radius 1 is 1.00 bits per heavy atom. The predicted molar refractivity (Wildman–Crippen MR) is 117 cm³/mol. The Labute approximate surface area is 173 Å². The number of anilines is 2. The molecule has 0 N–H and O–H groups in total. The van der Waals surface area contributed by atoms with E-state index >= 15 is 0 Å². The Morgan fingerprint density at radius 2 is 1.66 bits per heavy atom. The first kappa shape index (κ1) is 20.0. The van der Waals surface area contributed by atoms with Crippen molar-refractivity contribution in [1.82, 2.24) is 0 Å². The summed E-state index contributed by atoms with van der Waals surface area (Å²) in [5, 5.41) is 0. The van der Waals surface area contributed by atoms with Crippen molar-refractivity contribution in [3.8, 4) is 11.1 Å². The number of carbonyl (C=O) groups excluding carboxylic acids is 1. The molecule has 1 aliphatic carbocycles. The molecule has 4 rings (SSSR count). The largest absolute Gasteiger partial charge is 0.366 e. The maximum Gasteiger partial charge on any atom is 0.230 e. The van der Waals surface area contributed by atoms with Crippen molar-refractivity contribution >= 4 is 27.1 Å². The van der Waals surface area contributed by atoms with Gasteiger partial charge in [-0.25, -0.2) is 8.42 Å². The molecule has 6 heteroatoms. The summed E-state index contributed by atoms with van der Waals surface area (Å²) in [7, 11) is -3.21. The van der Waals surface area contributed by atoms with Crippen molar-refractivity contribution in [1.29, 1.82) is 0 Å². The van der Waals surface area contributed by atoms with Crippen molar-refractivity contribution < 1.29 is 13.2 Å². The third-order valence-corrected chi connectivity index (χ3v) is 7.77. The van der Waals surface area contributed by atoms with Crippen LogP contribution in [-0.2, 0) is 14.6 Å². The van der Waals surface area contributed by atoms with Crippen molar-refractivity contribution in [3.63, 3.8) is 0 Å². The summed E-state index contributed by atoms with van der Waals surface area (Å²) in [6.07, 6.45) is 1.98. The Kier molecular flexibility index (Phi) is 5.15. The van der Waals surface area contributed by atoms with E-state index in [1.54, 1.807) is 19.1 Å². The smallest absolute Gasteiger partial charge is 0.230 e. The van der Waals surface area contributed by atoms with E-state index in [1.165, 1.54) is 0 Å². The maximum atomic E-state index is 12.9. The van der Waals surface area contributed by atoms with Crippen LogP contribution in [0.4, 0.5) is 11.4 Å². The minimum absolute atomic E-state index is 0.0917. The van der Waals surface area contributed by atoms with Gasteiger partial charge in [0.05, 0.1) is 22.0 Å². The third-order valence-electron chi connectivity index (χ3n) is 6.01. The lowest BCUT2D eigenvalue weighted by Gasteiger charge is -2.42. The van der Waals surface area contributed by atoms with Gasteiger partial charge < -0.3 is 9.80 Å². The number of rotatable bonds is 5. The molecule has 1 fully saturated rings. The average Bonchev–Trinajstić information content (AvgIpc) is 3.58. The van der Waals surface area contributed by atoms with Gasteiger partial charge in [0, 0.05) is 25.0 Å². The molecule has 0 radical (unpaired) electrons. The number of likely N-dealkylation sites (N-methyl/N-ethyl adjacent to an activating group) is 1. The van der Waals surface area contributed by atoms with Gasteiger partial charge in [0.1, 0.15) is 0 Å². The summed E-state index contributed by atoms with van der Waals surface area (Å²) >= 11 is 0. The van der Waals surface area contributed by atoms with Crippen LogP contribution in [0.15, 0.2) is 47.4 Å². The Morgan fingerprint density at radius 3 is 2.24 bits per heavy atom. The number of amides is 1. The van der Waals surface area contributed by atoms with Crippen molar-refractivity contribution in [2.75, 3.05) is 28.6 Å². The van der Waals surface area contributed by atoms with Crippen LogP contribution in [0, 0.1) is 5.92 Å². The van der Waals surface area contributed by atoms with Crippen LogP contribution in [0.1, 0.15) is 33.6 Å². The SMILES string of the molecule is CCN1c2ccc(-c3ccc(S(=O)(=O)CC)cc3)cc2N(C(=O)C2CC2)C[C@@H]1C. The molecule has 1 heterocycles. The molecular formula is C23H28N2O3S. The topological polar surface area (TPSA) is 57.7 Å². The van der Waals surface area contributed by atoms with Gasteiger partial charge in [0.25, 0.3) is 0 Å². The van der Waals surface area contributed by atoms with Gasteiger partial charge in [-0.1, -0.05) is 25.1 Å². The van der Waals surface area contributed by atoms with Crippen LogP contribution in [0.25, 0.3) is 11.1 Å². The number of hydrogen-bond donors (Lipinski definition) is 0. The first-order chi connectivity index (χ1) is 13.9. The van der Waals surface area contributed by atoms with E-state index < -0.39 is 9.84 Å². The monoisotopic (exact) mass is 412 g/mol. The fourth-order valence-corrected chi connectivity index (χ4v) is 5.01.